The number of halogens is 2. The van der Waals surface area contributed by atoms with E-state index in [0.29, 0.717) is 16.1 Å². The number of hydrogen-bond acceptors (Lipinski definition) is 1. The number of rotatable bonds is 2. The van der Waals surface area contributed by atoms with Crippen molar-refractivity contribution in [1.29, 1.82) is 0 Å². The third-order valence-electron chi connectivity index (χ3n) is 3.19. The summed E-state index contributed by atoms with van der Waals surface area (Å²) in [5.41, 5.74) is 1.30. The SMILES string of the molecule is O=C(c1ccc(Cl)c(Br)c1)c1ccc2ccccc2c1. The summed E-state index contributed by atoms with van der Waals surface area (Å²) in [7, 11) is 0. The fourth-order valence-electron chi connectivity index (χ4n) is 2.13. The van der Waals surface area contributed by atoms with Crippen molar-refractivity contribution in [3.05, 3.63) is 81.3 Å². The molecule has 0 fully saturated rings. The minimum absolute atomic E-state index is 0.00637. The number of hydrogen-bond donors (Lipinski definition) is 0. The summed E-state index contributed by atoms with van der Waals surface area (Å²) in [5.74, 6) is -0.00637. The van der Waals surface area contributed by atoms with Gasteiger partial charge in [-0.05, 0) is 51.0 Å². The zero-order valence-electron chi connectivity index (χ0n) is 10.4. The number of ketones is 1. The van der Waals surface area contributed by atoms with Gasteiger partial charge in [0.1, 0.15) is 0 Å². The van der Waals surface area contributed by atoms with Crippen molar-refractivity contribution in [2.45, 2.75) is 0 Å². The van der Waals surface area contributed by atoms with Crippen LogP contribution in [-0.2, 0) is 0 Å². The largest absolute Gasteiger partial charge is 0.289 e. The Bertz CT molecular complexity index is 811. The lowest BCUT2D eigenvalue weighted by molar-refractivity contribution is 0.103. The van der Waals surface area contributed by atoms with Gasteiger partial charge in [0.25, 0.3) is 0 Å². The zero-order valence-corrected chi connectivity index (χ0v) is 12.8. The van der Waals surface area contributed by atoms with Gasteiger partial charge in [-0.2, -0.15) is 0 Å². The lowest BCUT2D eigenvalue weighted by Gasteiger charge is -2.05. The molecule has 0 bridgehead atoms. The van der Waals surface area contributed by atoms with Gasteiger partial charge in [-0.15, -0.1) is 0 Å². The molecular formula is C17H10BrClO. The molecule has 0 aliphatic heterocycles. The van der Waals surface area contributed by atoms with E-state index >= 15 is 0 Å². The molecule has 98 valence electrons. The minimum Gasteiger partial charge on any atom is -0.289 e. The first kappa shape index (κ1) is 13.3. The van der Waals surface area contributed by atoms with Gasteiger partial charge in [0, 0.05) is 15.6 Å². The van der Waals surface area contributed by atoms with Crippen LogP contribution in [0.2, 0.25) is 5.02 Å². The Labute approximate surface area is 130 Å². The molecule has 3 rings (SSSR count). The Hall–Kier alpha value is -1.64. The van der Waals surface area contributed by atoms with E-state index in [4.69, 9.17) is 11.6 Å². The molecule has 0 amide bonds. The molecule has 3 aromatic carbocycles. The fourth-order valence-corrected chi connectivity index (χ4v) is 2.63. The lowest BCUT2D eigenvalue weighted by Crippen LogP contribution is -2.01. The Morgan fingerprint density at radius 3 is 2.25 bits per heavy atom. The normalized spacial score (nSPS) is 10.7. The fraction of sp³-hybridized carbons (Fsp3) is 0. The third kappa shape index (κ3) is 2.49. The second kappa shape index (κ2) is 5.39. The van der Waals surface area contributed by atoms with Crippen molar-refractivity contribution in [3.63, 3.8) is 0 Å². The van der Waals surface area contributed by atoms with Gasteiger partial charge in [0.15, 0.2) is 5.78 Å². The molecule has 0 aromatic heterocycles. The predicted molar refractivity (Wildman–Crippen MR) is 86.5 cm³/mol. The third-order valence-corrected chi connectivity index (χ3v) is 4.41. The summed E-state index contributed by atoms with van der Waals surface area (Å²) in [6, 6.07) is 18.9. The topological polar surface area (TPSA) is 17.1 Å². The van der Waals surface area contributed by atoms with Gasteiger partial charge >= 0.3 is 0 Å². The maximum atomic E-state index is 12.5. The Morgan fingerprint density at radius 2 is 1.50 bits per heavy atom. The monoisotopic (exact) mass is 344 g/mol. The Balaban J connectivity index is 2.05. The van der Waals surface area contributed by atoms with Crippen LogP contribution in [0.25, 0.3) is 10.8 Å². The maximum Gasteiger partial charge on any atom is 0.193 e. The highest BCUT2D eigenvalue weighted by molar-refractivity contribution is 9.10. The minimum atomic E-state index is -0.00637. The second-order valence-corrected chi connectivity index (χ2v) is 5.78. The summed E-state index contributed by atoms with van der Waals surface area (Å²) in [5, 5.41) is 2.78. The van der Waals surface area contributed by atoms with E-state index in [1.165, 1.54) is 0 Å². The number of fused-ring (bicyclic) bond motifs is 1. The molecule has 0 spiro atoms. The first-order valence-electron chi connectivity index (χ1n) is 6.14. The van der Waals surface area contributed by atoms with E-state index in [0.717, 1.165) is 15.2 Å². The van der Waals surface area contributed by atoms with Crippen molar-refractivity contribution in [2.75, 3.05) is 0 Å². The van der Waals surface area contributed by atoms with Crippen molar-refractivity contribution < 1.29 is 4.79 Å². The summed E-state index contributed by atoms with van der Waals surface area (Å²) >= 11 is 9.29. The highest BCUT2D eigenvalue weighted by Crippen LogP contribution is 2.25. The molecule has 0 radical (unpaired) electrons. The van der Waals surface area contributed by atoms with E-state index in [9.17, 15) is 4.79 Å². The molecule has 0 N–H and O–H groups in total. The van der Waals surface area contributed by atoms with Crippen molar-refractivity contribution in [3.8, 4) is 0 Å². The Morgan fingerprint density at radius 1 is 0.850 bits per heavy atom. The van der Waals surface area contributed by atoms with Gasteiger partial charge < -0.3 is 0 Å². The van der Waals surface area contributed by atoms with Crippen molar-refractivity contribution >= 4 is 44.1 Å². The van der Waals surface area contributed by atoms with Crippen molar-refractivity contribution in [1.82, 2.24) is 0 Å². The maximum absolute atomic E-state index is 12.5. The number of carbonyl (C=O) groups is 1. The van der Waals surface area contributed by atoms with Crippen LogP contribution in [0.4, 0.5) is 0 Å². The predicted octanol–water partition coefficient (Wildman–Crippen LogP) is 5.49. The van der Waals surface area contributed by atoms with Gasteiger partial charge in [-0.3, -0.25) is 4.79 Å². The van der Waals surface area contributed by atoms with E-state index in [1.54, 1.807) is 18.2 Å². The van der Waals surface area contributed by atoms with Crippen LogP contribution in [-0.4, -0.2) is 5.78 Å². The smallest absolute Gasteiger partial charge is 0.193 e. The van der Waals surface area contributed by atoms with Gasteiger partial charge in [-0.25, -0.2) is 0 Å². The summed E-state index contributed by atoms with van der Waals surface area (Å²) in [6.45, 7) is 0. The summed E-state index contributed by atoms with van der Waals surface area (Å²) in [6.07, 6.45) is 0. The molecule has 0 aliphatic rings. The van der Waals surface area contributed by atoms with E-state index in [2.05, 4.69) is 15.9 Å². The number of carbonyl (C=O) groups excluding carboxylic acids is 1. The van der Waals surface area contributed by atoms with Crippen LogP contribution in [0.1, 0.15) is 15.9 Å². The lowest BCUT2D eigenvalue weighted by atomic mass is 10.00. The summed E-state index contributed by atoms with van der Waals surface area (Å²) in [4.78, 5) is 12.5. The van der Waals surface area contributed by atoms with Crippen LogP contribution < -0.4 is 0 Å². The van der Waals surface area contributed by atoms with Crippen LogP contribution in [0, 0.1) is 0 Å². The molecule has 0 heterocycles. The molecule has 20 heavy (non-hydrogen) atoms. The molecule has 0 aliphatic carbocycles. The molecule has 3 heteroatoms. The molecule has 0 atom stereocenters. The molecule has 0 saturated carbocycles. The summed E-state index contributed by atoms with van der Waals surface area (Å²) < 4.78 is 0.728. The van der Waals surface area contributed by atoms with E-state index in [-0.39, 0.29) is 5.78 Å². The Kier molecular flexibility index (Phi) is 3.60. The molecular weight excluding hydrogens is 336 g/mol. The zero-order chi connectivity index (χ0) is 14.1. The van der Waals surface area contributed by atoms with Crippen LogP contribution in [0.5, 0.6) is 0 Å². The average molecular weight is 346 g/mol. The first-order valence-corrected chi connectivity index (χ1v) is 7.31. The van der Waals surface area contributed by atoms with E-state index < -0.39 is 0 Å². The van der Waals surface area contributed by atoms with Crippen LogP contribution in [0.15, 0.2) is 65.1 Å². The van der Waals surface area contributed by atoms with Gasteiger partial charge in [0.2, 0.25) is 0 Å². The van der Waals surface area contributed by atoms with Crippen LogP contribution >= 0.6 is 27.5 Å². The number of benzene rings is 3. The van der Waals surface area contributed by atoms with Crippen molar-refractivity contribution in [2.24, 2.45) is 0 Å². The molecule has 1 nitrogen and oxygen atoms in total. The average Bonchev–Trinajstić information content (AvgIpc) is 2.49. The van der Waals surface area contributed by atoms with Gasteiger partial charge in [-0.1, -0.05) is 48.0 Å². The quantitative estimate of drug-likeness (QED) is 0.562. The first-order chi connectivity index (χ1) is 9.65. The molecule has 3 aromatic rings. The van der Waals surface area contributed by atoms with E-state index in [1.807, 2.05) is 42.5 Å². The second-order valence-electron chi connectivity index (χ2n) is 4.52. The highest BCUT2D eigenvalue weighted by atomic mass is 79.9. The standard InChI is InChI=1S/C17H10BrClO/c18-15-10-14(7-8-16(15)19)17(20)13-6-5-11-3-1-2-4-12(11)9-13/h1-10H. The highest BCUT2D eigenvalue weighted by Gasteiger charge is 2.11. The molecule has 0 unspecified atom stereocenters. The van der Waals surface area contributed by atoms with Crippen LogP contribution in [0.3, 0.4) is 0 Å². The molecule has 0 saturated heterocycles. The van der Waals surface area contributed by atoms with Gasteiger partial charge in [0.05, 0.1) is 5.02 Å².